The molecular weight excluding hydrogens is 290 g/mol. The van der Waals surface area contributed by atoms with E-state index in [1.54, 1.807) is 0 Å². The number of likely N-dealkylation sites (N-methyl/N-ethyl adjacent to an activating group) is 1. The van der Waals surface area contributed by atoms with Crippen LogP contribution in [0.25, 0.3) is 0 Å². The van der Waals surface area contributed by atoms with Gasteiger partial charge in [0.1, 0.15) is 0 Å². The van der Waals surface area contributed by atoms with Crippen molar-refractivity contribution >= 4 is 11.8 Å². The normalized spacial score (nSPS) is 28.8. The van der Waals surface area contributed by atoms with Gasteiger partial charge in [-0.1, -0.05) is 37.3 Å². The summed E-state index contributed by atoms with van der Waals surface area (Å²) >= 11 is 2.11. The Morgan fingerprint density at radius 2 is 1.91 bits per heavy atom. The van der Waals surface area contributed by atoms with Gasteiger partial charge in [0.05, 0.1) is 0 Å². The summed E-state index contributed by atoms with van der Waals surface area (Å²) in [5.41, 5.74) is 1.44. The quantitative estimate of drug-likeness (QED) is 0.898. The zero-order chi connectivity index (χ0) is 15.4. The second kappa shape index (κ2) is 7.82. The summed E-state index contributed by atoms with van der Waals surface area (Å²) in [4.78, 5) is 5.05. The maximum Gasteiger partial charge on any atom is 0.0451 e. The molecule has 2 heterocycles. The number of nitrogens with one attached hydrogen (secondary N) is 1. The molecule has 3 rings (SSSR count). The summed E-state index contributed by atoms with van der Waals surface area (Å²) in [6, 6.07) is 12.1. The van der Waals surface area contributed by atoms with Crippen LogP contribution in [0.3, 0.4) is 0 Å². The lowest BCUT2D eigenvalue weighted by atomic mass is 10.0. The van der Waals surface area contributed by atoms with Crippen molar-refractivity contribution in [1.29, 1.82) is 0 Å². The van der Waals surface area contributed by atoms with E-state index in [2.05, 4.69) is 71.2 Å². The van der Waals surface area contributed by atoms with Crippen LogP contribution in [0, 0.1) is 0 Å². The van der Waals surface area contributed by atoms with Crippen LogP contribution in [0.1, 0.15) is 24.9 Å². The molecule has 1 aromatic carbocycles. The van der Waals surface area contributed by atoms with E-state index in [-0.39, 0.29) is 0 Å². The van der Waals surface area contributed by atoms with E-state index in [1.165, 1.54) is 43.9 Å². The minimum Gasteiger partial charge on any atom is -0.305 e. The van der Waals surface area contributed by atoms with Crippen LogP contribution in [0.15, 0.2) is 30.3 Å². The van der Waals surface area contributed by atoms with Crippen molar-refractivity contribution in [2.45, 2.75) is 30.7 Å². The molecule has 0 amide bonds. The van der Waals surface area contributed by atoms with Crippen LogP contribution >= 0.6 is 11.8 Å². The molecule has 3 atom stereocenters. The van der Waals surface area contributed by atoms with Crippen molar-refractivity contribution < 1.29 is 0 Å². The Hall–Kier alpha value is -0.550. The smallest absolute Gasteiger partial charge is 0.0451 e. The molecule has 0 saturated carbocycles. The lowest BCUT2D eigenvalue weighted by Crippen LogP contribution is -2.48. The van der Waals surface area contributed by atoms with Gasteiger partial charge < -0.3 is 10.2 Å². The van der Waals surface area contributed by atoms with Crippen molar-refractivity contribution in [3.8, 4) is 0 Å². The van der Waals surface area contributed by atoms with Crippen molar-refractivity contribution in [1.82, 2.24) is 15.1 Å². The standard InChI is InChI=1S/C18H29N3S/c1-15-17(8-13-22-15)19-18(16-6-4-3-5-7-16)14-21-11-9-20(2)10-12-21/h3-7,15,17-19H,8-14H2,1-2H3/t15-,17-,18+/m0/s1. The molecule has 2 saturated heterocycles. The first-order valence-corrected chi connectivity index (χ1v) is 9.61. The number of benzene rings is 1. The molecule has 2 fully saturated rings. The van der Waals surface area contributed by atoms with Gasteiger partial charge in [-0.25, -0.2) is 0 Å². The lowest BCUT2D eigenvalue weighted by Gasteiger charge is -2.36. The van der Waals surface area contributed by atoms with Crippen LogP contribution in [-0.2, 0) is 0 Å². The van der Waals surface area contributed by atoms with Crippen LogP contribution in [-0.4, -0.2) is 66.6 Å². The topological polar surface area (TPSA) is 18.5 Å². The minimum atomic E-state index is 0.454. The monoisotopic (exact) mass is 319 g/mol. The fourth-order valence-corrected chi connectivity index (χ4v) is 4.65. The van der Waals surface area contributed by atoms with Gasteiger partial charge in [0.25, 0.3) is 0 Å². The number of hydrogen-bond donors (Lipinski definition) is 1. The van der Waals surface area contributed by atoms with E-state index in [0.717, 1.165) is 11.8 Å². The predicted molar refractivity (Wildman–Crippen MR) is 96.6 cm³/mol. The molecule has 0 aromatic heterocycles. The maximum absolute atomic E-state index is 3.96. The fraction of sp³-hybridized carbons (Fsp3) is 0.667. The van der Waals surface area contributed by atoms with Gasteiger partial charge in [-0.15, -0.1) is 0 Å². The van der Waals surface area contributed by atoms with Gasteiger partial charge in [0.2, 0.25) is 0 Å². The van der Waals surface area contributed by atoms with Crippen molar-refractivity contribution in [3.05, 3.63) is 35.9 Å². The highest BCUT2D eigenvalue weighted by molar-refractivity contribution is 8.00. The van der Waals surface area contributed by atoms with Gasteiger partial charge in [-0.3, -0.25) is 4.90 Å². The molecule has 0 aliphatic carbocycles. The number of thioether (sulfide) groups is 1. The summed E-state index contributed by atoms with van der Waals surface area (Å²) in [6.45, 7) is 8.26. The van der Waals surface area contributed by atoms with Crippen molar-refractivity contribution in [2.24, 2.45) is 0 Å². The number of rotatable bonds is 5. The lowest BCUT2D eigenvalue weighted by molar-refractivity contribution is 0.139. The average Bonchev–Trinajstić information content (AvgIpc) is 2.95. The molecule has 22 heavy (non-hydrogen) atoms. The number of hydrogen-bond acceptors (Lipinski definition) is 4. The highest BCUT2D eigenvalue weighted by Gasteiger charge is 2.28. The summed E-state index contributed by atoms with van der Waals surface area (Å²) in [5, 5.41) is 4.70. The second-order valence-electron chi connectivity index (χ2n) is 6.70. The molecule has 1 N–H and O–H groups in total. The van der Waals surface area contributed by atoms with Gasteiger partial charge in [-0.05, 0) is 24.8 Å². The highest BCUT2D eigenvalue weighted by atomic mass is 32.2. The van der Waals surface area contributed by atoms with Gasteiger partial charge >= 0.3 is 0 Å². The van der Waals surface area contributed by atoms with Crippen molar-refractivity contribution in [3.63, 3.8) is 0 Å². The van der Waals surface area contributed by atoms with Crippen molar-refractivity contribution in [2.75, 3.05) is 45.5 Å². The molecule has 0 spiro atoms. The Morgan fingerprint density at radius 1 is 1.18 bits per heavy atom. The third kappa shape index (κ3) is 4.25. The van der Waals surface area contributed by atoms with Crippen LogP contribution in [0.5, 0.6) is 0 Å². The summed E-state index contributed by atoms with van der Waals surface area (Å²) in [5.74, 6) is 1.30. The van der Waals surface area contributed by atoms with E-state index in [1.807, 2.05) is 0 Å². The first-order chi connectivity index (χ1) is 10.7. The molecular formula is C18H29N3S. The SMILES string of the molecule is C[C@@H]1SCC[C@@H]1N[C@H](CN1CCN(C)CC1)c1ccccc1. The molecule has 0 unspecified atom stereocenters. The van der Waals surface area contributed by atoms with E-state index in [9.17, 15) is 0 Å². The Bertz CT molecular complexity index is 445. The fourth-order valence-electron chi connectivity index (χ4n) is 3.44. The first kappa shape index (κ1) is 16.3. The van der Waals surface area contributed by atoms with E-state index >= 15 is 0 Å². The number of piperazine rings is 1. The van der Waals surface area contributed by atoms with E-state index in [0.29, 0.717) is 12.1 Å². The highest BCUT2D eigenvalue weighted by Crippen LogP contribution is 2.28. The third-order valence-corrected chi connectivity index (χ3v) is 6.36. The van der Waals surface area contributed by atoms with Gasteiger partial charge in [0, 0.05) is 50.1 Å². The molecule has 2 aliphatic rings. The molecule has 122 valence electrons. The Balaban J connectivity index is 1.66. The molecule has 4 heteroatoms. The second-order valence-corrected chi connectivity index (χ2v) is 8.19. The summed E-state index contributed by atoms with van der Waals surface area (Å²) in [6.07, 6.45) is 1.30. The Labute approximate surface area is 139 Å². The molecule has 3 nitrogen and oxygen atoms in total. The Morgan fingerprint density at radius 3 is 2.55 bits per heavy atom. The molecule has 0 radical (unpaired) electrons. The number of nitrogens with zero attached hydrogens (tertiary/aromatic N) is 2. The first-order valence-electron chi connectivity index (χ1n) is 8.56. The summed E-state index contributed by atoms with van der Waals surface area (Å²) < 4.78 is 0. The van der Waals surface area contributed by atoms with Crippen LogP contribution < -0.4 is 5.32 Å². The summed E-state index contributed by atoms with van der Waals surface area (Å²) in [7, 11) is 2.22. The molecule has 2 aliphatic heterocycles. The van der Waals surface area contributed by atoms with Crippen LogP contribution in [0.2, 0.25) is 0 Å². The van der Waals surface area contributed by atoms with E-state index < -0.39 is 0 Å². The zero-order valence-electron chi connectivity index (χ0n) is 13.9. The van der Waals surface area contributed by atoms with E-state index in [4.69, 9.17) is 0 Å². The van der Waals surface area contributed by atoms with Gasteiger partial charge in [-0.2, -0.15) is 11.8 Å². The molecule has 0 bridgehead atoms. The predicted octanol–water partition coefficient (Wildman–Crippen LogP) is 2.46. The maximum atomic E-state index is 3.96. The minimum absolute atomic E-state index is 0.454. The molecule has 1 aromatic rings. The largest absolute Gasteiger partial charge is 0.305 e. The van der Waals surface area contributed by atoms with Gasteiger partial charge in [0.15, 0.2) is 0 Å². The van der Waals surface area contributed by atoms with Crippen LogP contribution in [0.4, 0.5) is 0 Å². The zero-order valence-corrected chi connectivity index (χ0v) is 14.7. The third-order valence-electron chi connectivity index (χ3n) is 5.03. The Kier molecular flexibility index (Phi) is 5.80. The average molecular weight is 320 g/mol.